The summed E-state index contributed by atoms with van der Waals surface area (Å²) in [5.74, 6) is 0. The second kappa shape index (κ2) is 15.3. The third-order valence-corrected chi connectivity index (χ3v) is 14.3. The first-order valence-corrected chi connectivity index (χ1v) is 23.5. The number of benzene rings is 12. The lowest BCUT2D eigenvalue weighted by molar-refractivity contribution is 1.18. The van der Waals surface area contributed by atoms with Gasteiger partial charge in [-0.25, -0.2) is 0 Å². The molecule has 316 valence electrons. The number of hydrogen-bond acceptors (Lipinski definition) is 0. The van der Waals surface area contributed by atoms with Gasteiger partial charge in [0.1, 0.15) is 0 Å². The number of rotatable bonds is 6. The highest BCUT2D eigenvalue weighted by atomic mass is 15.0. The molecule has 0 radical (unpaired) electrons. The Morgan fingerprint density at radius 1 is 0.206 bits per heavy atom. The van der Waals surface area contributed by atoms with E-state index in [1.165, 1.54) is 120 Å². The van der Waals surface area contributed by atoms with Crippen LogP contribution in [0.5, 0.6) is 0 Å². The molecule has 12 aromatic carbocycles. The molecular weight excluding hydrogens is 821 g/mol. The molecule has 2 heteroatoms. The van der Waals surface area contributed by atoms with Crippen LogP contribution in [0.4, 0.5) is 0 Å². The summed E-state index contributed by atoms with van der Waals surface area (Å²) in [6.45, 7) is 0. The zero-order valence-corrected chi connectivity index (χ0v) is 37.1. The van der Waals surface area contributed by atoms with Crippen molar-refractivity contribution >= 4 is 75.9 Å². The quantitative estimate of drug-likeness (QED) is 0.147. The minimum absolute atomic E-state index is 1.16. The van der Waals surface area contributed by atoms with Crippen molar-refractivity contribution in [3.63, 3.8) is 0 Å². The predicted octanol–water partition coefficient (Wildman–Crippen LogP) is 18.0. The topological polar surface area (TPSA) is 9.86 Å². The van der Waals surface area contributed by atoms with Gasteiger partial charge in [0.05, 0.1) is 22.1 Å². The van der Waals surface area contributed by atoms with E-state index in [2.05, 4.69) is 264 Å². The van der Waals surface area contributed by atoms with Gasteiger partial charge in [-0.1, -0.05) is 188 Å². The maximum atomic E-state index is 2.49. The molecule has 14 aromatic rings. The van der Waals surface area contributed by atoms with Gasteiger partial charge >= 0.3 is 0 Å². The van der Waals surface area contributed by atoms with Crippen molar-refractivity contribution in [1.29, 1.82) is 0 Å². The zero-order chi connectivity index (χ0) is 44.7. The van der Waals surface area contributed by atoms with Crippen molar-refractivity contribution in [2.75, 3.05) is 0 Å². The van der Waals surface area contributed by atoms with E-state index < -0.39 is 0 Å². The Labute approximate surface area is 393 Å². The van der Waals surface area contributed by atoms with E-state index in [9.17, 15) is 0 Å². The number of aromatic nitrogens is 2. The van der Waals surface area contributed by atoms with Crippen molar-refractivity contribution in [2.45, 2.75) is 0 Å². The Morgan fingerprint density at radius 3 is 1.19 bits per heavy atom. The lowest BCUT2D eigenvalue weighted by Crippen LogP contribution is -1.94. The first kappa shape index (κ1) is 38.3. The molecule has 0 unspecified atom stereocenters. The molecule has 2 aromatic heterocycles. The monoisotopic (exact) mass is 862 g/mol. The summed E-state index contributed by atoms with van der Waals surface area (Å²) in [6.07, 6.45) is 0. The minimum atomic E-state index is 1.16. The summed E-state index contributed by atoms with van der Waals surface area (Å²) < 4.78 is 4.80. The van der Waals surface area contributed by atoms with Crippen molar-refractivity contribution in [2.24, 2.45) is 0 Å². The Hall–Kier alpha value is -8.98. The smallest absolute Gasteiger partial charge is 0.0541 e. The molecule has 14 rings (SSSR count). The molecule has 0 atom stereocenters. The second-order valence-electron chi connectivity index (χ2n) is 18.0. The molecule has 0 amide bonds. The third-order valence-electron chi connectivity index (χ3n) is 14.3. The van der Waals surface area contributed by atoms with Crippen LogP contribution in [-0.2, 0) is 0 Å². The molecule has 2 heterocycles. The van der Waals surface area contributed by atoms with Gasteiger partial charge in [0, 0.05) is 32.9 Å². The summed E-state index contributed by atoms with van der Waals surface area (Å²) >= 11 is 0. The van der Waals surface area contributed by atoms with Gasteiger partial charge in [-0.05, 0) is 144 Å². The molecular formula is C66H42N2. The molecule has 0 saturated heterocycles. The third kappa shape index (κ3) is 5.84. The van der Waals surface area contributed by atoms with Gasteiger partial charge in [0.25, 0.3) is 0 Å². The first-order chi connectivity index (χ1) is 33.8. The van der Waals surface area contributed by atoms with Crippen LogP contribution in [0, 0.1) is 0 Å². The van der Waals surface area contributed by atoms with Crippen LogP contribution in [0.3, 0.4) is 0 Å². The Kier molecular flexibility index (Phi) is 8.62. The SMILES string of the molecule is c1ccc(-c2ccc3ccccc3c2-c2c3cccc(-c4ccc5c(c4)c4ccccc4n5-c4ccccc4)c3cc3c(-c4ccc5c(c4)c4ccccc4n5-c4ccccc4)cccc23)cc1. The van der Waals surface area contributed by atoms with Crippen molar-refractivity contribution in [3.05, 3.63) is 255 Å². The van der Waals surface area contributed by atoms with E-state index in [1.807, 2.05) is 0 Å². The van der Waals surface area contributed by atoms with E-state index in [0.717, 1.165) is 11.4 Å². The Bertz CT molecular complexity index is 4080. The highest BCUT2D eigenvalue weighted by Gasteiger charge is 2.22. The fourth-order valence-electron chi connectivity index (χ4n) is 11.3. The predicted molar refractivity (Wildman–Crippen MR) is 289 cm³/mol. The van der Waals surface area contributed by atoms with E-state index in [4.69, 9.17) is 0 Å². The highest BCUT2D eigenvalue weighted by molar-refractivity contribution is 6.24. The number of nitrogens with zero attached hydrogens (tertiary/aromatic N) is 2. The number of fused-ring (bicyclic) bond motifs is 9. The second-order valence-corrected chi connectivity index (χ2v) is 18.0. The summed E-state index contributed by atoms with van der Waals surface area (Å²) in [6, 6.07) is 94.0. The summed E-state index contributed by atoms with van der Waals surface area (Å²) in [5, 5.41) is 12.3. The Balaban J connectivity index is 1.09. The maximum absolute atomic E-state index is 2.49. The van der Waals surface area contributed by atoms with E-state index in [0.29, 0.717) is 0 Å². The minimum Gasteiger partial charge on any atom is -0.309 e. The standard InChI is InChI=1S/C66H42N2/c1-4-18-43(19-5-1)52-37-34-44-20-10-11-25-51(44)65(52)66-55-30-16-28-49(45-35-38-63-59(40-45)53-26-12-14-32-61(53)67(63)47-21-6-2-7-22-47)57(55)42-58-50(29-17-31-56(58)66)46-36-39-64-60(41-46)54-27-13-15-33-62(54)68(64)48-23-8-3-9-24-48/h1-42H. The van der Waals surface area contributed by atoms with E-state index in [1.54, 1.807) is 0 Å². The summed E-state index contributed by atoms with van der Waals surface area (Å²) in [5.41, 5.74) is 16.8. The molecule has 0 fully saturated rings. The van der Waals surface area contributed by atoms with E-state index >= 15 is 0 Å². The van der Waals surface area contributed by atoms with Gasteiger partial charge in [-0.15, -0.1) is 0 Å². The summed E-state index contributed by atoms with van der Waals surface area (Å²) in [4.78, 5) is 0. The average Bonchev–Trinajstić information content (AvgIpc) is 3.92. The van der Waals surface area contributed by atoms with Crippen LogP contribution >= 0.6 is 0 Å². The van der Waals surface area contributed by atoms with Crippen molar-refractivity contribution in [3.8, 4) is 55.9 Å². The molecule has 0 bridgehead atoms. The highest BCUT2D eigenvalue weighted by Crippen LogP contribution is 2.49. The van der Waals surface area contributed by atoms with Crippen LogP contribution in [0.15, 0.2) is 255 Å². The number of hydrogen-bond donors (Lipinski definition) is 0. The lowest BCUT2D eigenvalue weighted by Gasteiger charge is -2.21. The first-order valence-electron chi connectivity index (χ1n) is 23.5. The Morgan fingerprint density at radius 2 is 0.647 bits per heavy atom. The van der Waals surface area contributed by atoms with Crippen LogP contribution in [0.25, 0.3) is 132 Å². The van der Waals surface area contributed by atoms with Gasteiger partial charge < -0.3 is 9.13 Å². The largest absolute Gasteiger partial charge is 0.309 e. The van der Waals surface area contributed by atoms with Gasteiger partial charge in [0.2, 0.25) is 0 Å². The van der Waals surface area contributed by atoms with Crippen LogP contribution in [-0.4, -0.2) is 9.13 Å². The van der Waals surface area contributed by atoms with Crippen LogP contribution in [0.1, 0.15) is 0 Å². The van der Waals surface area contributed by atoms with Crippen LogP contribution < -0.4 is 0 Å². The van der Waals surface area contributed by atoms with E-state index in [-0.39, 0.29) is 0 Å². The number of para-hydroxylation sites is 4. The molecule has 0 N–H and O–H groups in total. The van der Waals surface area contributed by atoms with Crippen molar-refractivity contribution < 1.29 is 0 Å². The van der Waals surface area contributed by atoms with Gasteiger partial charge in [0.15, 0.2) is 0 Å². The van der Waals surface area contributed by atoms with Crippen LogP contribution in [0.2, 0.25) is 0 Å². The fourth-order valence-corrected chi connectivity index (χ4v) is 11.3. The van der Waals surface area contributed by atoms with Gasteiger partial charge in [-0.2, -0.15) is 0 Å². The molecule has 2 nitrogen and oxygen atoms in total. The molecule has 0 aliphatic rings. The fraction of sp³-hybridized carbons (Fsp3) is 0. The molecule has 0 saturated carbocycles. The molecule has 0 spiro atoms. The van der Waals surface area contributed by atoms with Crippen molar-refractivity contribution in [1.82, 2.24) is 9.13 Å². The average molecular weight is 863 g/mol. The molecule has 0 aliphatic carbocycles. The molecule has 68 heavy (non-hydrogen) atoms. The maximum Gasteiger partial charge on any atom is 0.0541 e. The zero-order valence-electron chi connectivity index (χ0n) is 37.1. The lowest BCUT2D eigenvalue weighted by atomic mass is 9.82. The molecule has 0 aliphatic heterocycles. The van der Waals surface area contributed by atoms with Gasteiger partial charge in [-0.3, -0.25) is 0 Å². The summed E-state index contributed by atoms with van der Waals surface area (Å²) in [7, 11) is 0. The normalized spacial score (nSPS) is 11.8.